The van der Waals surface area contributed by atoms with Crippen LogP contribution in [0.25, 0.3) is 0 Å². The van der Waals surface area contributed by atoms with Gasteiger partial charge in [0.2, 0.25) is 5.91 Å². The van der Waals surface area contributed by atoms with Gasteiger partial charge in [-0.15, -0.1) is 0 Å². The Bertz CT molecular complexity index is 686. The maximum atomic E-state index is 11.9. The molecule has 1 fully saturated rings. The van der Waals surface area contributed by atoms with E-state index in [2.05, 4.69) is 5.32 Å². The molecular weight excluding hydrogens is 448 g/mol. The summed E-state index contributed by atoms with van der Waals surface area (Å²) in [6, 6.07) is -0.877. The fourth-order valence-electron chi connectivity index (χ4n) is 3.05. The van der Waals surface area contributed by atoms with Crippen molar-refractivity contribution >= 4 is 52.1 Å². The van der Waals surface area contributed by atoms with Crippen LogP contribution < -0.4 is 5.32 Å². The predicted octanol–water partition coefficient (Wildman–Crippen LogP) is 1.00. The van der Waals surface area contributed by atoms with E-state index in [0.29, 0.717) is 17.4 Å². The second kappa shape index (κ2) is 12.8. The molecule has 0 unspecified atom stereocenters. The summed E-state index contributed by atoms with van der Waals surface area (Å²) in [5, 5.41) is 2.72. The SMILES string of the molecule is CCN(CC)C(=S)S[C@@H]1O[C@H](COC(C)=O)[C@@H](OC(C)=O)[C@H](OC(C)=O)[C@H]1NC(C)=O. The van der Waals surface area contributed by atoms with Gasteiger partial charge in [-0.1, -0.05) is 24.0 Å². The molecule has 0 bridgehead atoms. The summed E-state index contributed by atoms with van der Waals surface area (Å²) in [5.41, 5.74) is -0.797. The highest BCUT2D eigenvalue weighted by atomic mass is 32.2. The molecule has 0 saturated carbocycles. The molecule has 10 nitrogen and oxygen atoms in total. The largest absolute Gasteiger partial charge is 0.463 e. The molecule has 1 rings (SSSR count). The quantitative estimate of drug-likeness (QED) is 0.305. The van der Waals surface area contributed by atoms with Crippen LogP contribution in [0.3, 0.4) is 0 Å². The van der Waals surface area contributed by atoms with Gasteiger partial charge in [0.25, 0.3) is 0 Å². The van der Waals surface area contributed by atoms with Crippen molar-refractivity contribution in [1.82, 2.24) is 10.2 Å². The van der Waals surface area contributed by atoms with Crippen LogP contribution in [0.1, 0.15) is 41.5 Å². The lowest BCUT2D eigenvalue weighted by Gasteiger charge is -2.45. The van der Waals surface area contributed by atoms with Crippen LogP contribution in [-0.4, -0.2) is 82.5 Å². The molecule has 1 amide bonds. The van der Waals surface area contributed by atoms with Gasteiger partial charge in [-0.2, -0.15) is 0 Å². The number of thiocarbonyl (C=S) groups is 1. The van der Waals surface area contributed by atoms with Gasteiger partial charge in [0.15, 0.2) is 12.2 Å². The number of ether oxygens (including phenoxy) is 4. The monoisotopic (exact) mass is 478 g/mol. The lowest BCUT2D eigenvalue weighted by atomic mass is 9.97. The molecule has 176 valence electrons. The number of carbonyl (C=O) groups excluding carboxylic acids is 4. The Kier molecular flexibility index (Phi) is 11.2. The van der Waals surface area contributed by atoms with E-state index in [0.717, 1.165) is 0 Å². The number of nitrogens with one attached hydrogen (secondary N) is 1. The first-order valence-electron chi connectivity index (χ1n) is 9.85. The molecule has 0 spiro atoms. The number of amides is 1. The van der Waals surface area contributed by atoms with Crippen LogP contribution in [0.4, 0.5) is 0 Å². The average molecular weight is 479 g/mol. The van der Waals surface area contributed by atoms with Crippen molar-refractivity contribution in [2.24, 2.45) is 0 Å². The minimum Gasteiger partial charge on any atom is -0.463 e. The summed E-state index contributed by atoms with van der Waals surface area (Å²) in [5.74, 6) is -2.24. The predicted molar refractivity (Wildman–Crippen MR) is 117 cm³/mol. The zero-order valence-electron chi connectivity index (χ0n) is 18.5. The number of esters is 3. The first-order valence-corrected chi connectivity index (χ1v) is 11.1. The van der Waals surface area contributed by atoms with Crippen molar-refractivity contribution < 1.29 is 38.1 Å². The Balaban J connectivity index is 3.35. The molecule has 5 atom stereocenters. The average Bonchev–Trinajstić information content (AvgIpc) is 2.64. The molecule has 1 aliphatic rings. The normalized spacial score (nSPS) is 25.2. The van der Waals surface area contributed by atoms with Crippen molar-refractivity contribution in [3.8, 4) is 0 Å². The minimum absolute atomic E-state index is 0.243. The molecule has 0 aliphatic carbocycles. The molecule has 0 radical (unpaired) electrons. The second-order valence-corrected chi connectivity index (χ2v) is 8.51. The van der Waals surface area contributed by atoms with Crippen LogP contribution >= 0.6 is 24.0 Å². The first-order chi connectivity index (χ1) is 14.5. The number of thioether (sulfide) groups is 1. The van der Waals surface area contributed by atoms with E-state index in [-0.39, 0.29) is 6.61 Å². The van der Waals surface area contributed by atoms with Gasteiger partial charge in [0.05, 0.1) is 0 Å². The fourth-order valence-corrected chi connectivity index (χ4v) is 4.76. The Morgan fingerprint density at radius 1 is 0.968 bits per heavy atom. The molecule has 1 saturated heterocycles. The topological polar surface area (TPSA) is 120 Å². The molecule has 1 aliphatic heterocycles. The first kappa shape index (κ1) is 27.1. The summed E-state index contributed by atoms with van der Waals surface area (Å²) in [6.45, 7) is 9.92. The van der Waals surface area contributed by atoms with Crippen LogP contribution in [0.5, 0.6) is 0 Å². The van der Waals surface area contributed by atoms with Gasteiger partial charge in [-0.25, -0.2) is 0 Å². The van der Waals surface area contributed by atoms with Crippen molar-refractivity contribution in [3.05, 3.63) is 0 Å². The molecule has 1 heterocycles. The van der Waals surface area contributed by atoms with Crippen molar-refractivity contribution in [2.75, 3.05) is 19.7 Å². The van der Waals surface area contributed by atoms with Gasteiger partial charge >= 0.3 is 17.9 Å². The number of nitrogens with zero attached hydrogens (tertiary/aromatic N) is 1. The standard InChI is InChI=1S/C19H30N2O8S2/c1-7-21(8-2)19(30)31-18-15(20-10(3)22)17(28-13(6)25)16(27-12(5)24)14(29-18)9-26-11(4)23/h14-18H,7-9H2,1-6H3,(H,20,22)/t14-,15-,16-,17-,18+/m1/s1. The summed E-state index contributed by atoms with van der Waals surface area (Å²) in [6.07, 6.45) is -3.15. The van der Waals surface area contributed by atoms with Crippen molar-refractivity contribution in [1.29, 1.82) is 0 Å². The highest BCUT2D eigenvalue weighted by molar-refractivity contribution is 8.23. The van der Waals surface area contributed by atoms with E-state index < -0.39 is 53.6 Å². The molecule has 0 aromatic heterocycles. The number of rotatable bonds is 8. The van der Waals surface area contributed by atoms with Gasteiger partial charge in [0, 0.05) is 40.8 Å². The highest BCUT2D eigenvalue weighted by Crippen LogP contribution is 2.33. The van der Waals surface area contributed by atoms with Gasteiger partial charge in [-0.3, -0.25) is 19.2 Å². The molecular formula is C19H30N2O8S2. The summed E-state index contributed by atoms with van der Waals surface area (Å²) in [4.78, 5) is 48.8. The fraction of sp³-hybridized carbons (Fsp3) is 0.737. The van der Waals surface area contributed by atoms with Crippen molar-refractivity contribution in [3.63, 3.8) is 0 Å². The summed E-state index contributed by atoms with van der Waals surface area (Å²) >= 11 is 6.68. The summed E-state index contributed by atoms with van der Waals surface area (Å²) < 4.78 is 22.5. The van der Waals surface area contributed by atoms with E-state index in [1.807, 2.05) is 18.7 Å². The van der Waals surface area contributed by atoms with Crippen molar-refractivity contribution in [2.45, 2.75) is 71.3 Å². The Hall–Kier alpha value is -1.92. The third-order valence-corrected chi connectivity index (χ3v) is 5.95. The van der Waals surface area contributed by atoms with Gasteiger partial charge in [0.1, 0.15) is 28.5 Å². The van der Waals surface area contributed by atoms with E-state index in [1.165, 1.54) is 39.5 Å². The lowest BCUT2D eigenvalue weighted by Crippen LogP contribution is -2.65. The number of hydrogen-bond donors (Lipinski definition) is 1. The van der Waals surface area contributed by atoms with Crippen LogP contribution in [0.15, 0.2) is 0 Å². The Morgan fingerprint density at radius 3 is 1.97 bits per heavy atom. The maximum Gasteiger partial charge on any atom is 0.303 e. The van der Waals surface area contributed by atoms with Gasteiger partial charge in [-0.05, 0) is 13.8 Å². The van der Waals surface area contributed by atoms with Crippen LogP contribution in [0.2, 0.25) is 0 Å². The van der Waals surface area contributed by atoms with Gasteiger partial charge < -0.3 is 29.2 Å². The number of carbonyl (C=O) groups is 4. The Labute approximate surface area is 191 Å². The third-order valence-electron chi connectivity index (χ3n) is 4.31. The maximum absolute atomic E-state index is 11.9. The molecule has 0 aromatic rings. The van der Waals surface area contributed by atoms with Crippen LogP contribution in [-0.2, 0) is 38.1 Å². The van der Waals surface area contributed by atoms with Crippen LogP contribution in [0, 0.1) is 0 Å². The summed E-state index contributed by atoms with van der Waals surface area (Å²) in [7, 11) is 0. The number of hydrogen-bond acceptors (Lipinski definition) is 10. The van der Waals surface area contributed by atoms with E-state index in [9.17, 15) is 19.2 Å². The molecule has 12 heteroatoms. The smallest absolute Gasteiger partial charge is 0.303 e. The van der Waals surface area contributed by atoms with E-state index in [1.54, 1.807) is 0 Å². The zero-order chi connectivity index (χ0) is 23.7. The highest BCUT2D eigenvalue weighted by Gasteiger charge is 2.51. The van der Waals surface area contributed by atoms with E-state index in [4.69, 9.17) is 31.2 Å². The molecule has 0 aromatic carbocycles. The lowest BCUT2D eigenvalue weighted by molar-refractivity contribution is -0.211. The molecule has 31 heavy (non-hydrogen) atoms. The zero-order valence-corrected chi connectivity index (χ0v) is 20.2. The minimum atomic E-state index is -1.11. The molecule has 1 N–H and O–H groups in total. The second-order valence-electron chi connectivity index (χ2n) is 6.78. The Morgan fingerprint density at radius 2 is 1.52 bits per heavy atom. The third kappa shape index (κ3) is 8.62. The van der Waals surface area contributed by atoms with E-state index >= 15 is 0 Å².